The van der Waals surface area contributed by atoms with E-state index in [0.29, 0.717) is 19.4 Å². The molecule has 0 radical (unpaired) electrons. The molecule has 0 N–H and O–H groups in total. The second-order valence-corrected chi connectivity index (χ2v) is 6.03. The molecular weight excluding hydrogens is 320 g/mol. The van der Waals surface area contributed by atoms with E-state index in [2.05, 4.69) is 22.0 Å². The summed E-state index contributed by atoms with van der Waals surface area (Å²) in [5.74, 6) is 0.688. The Morgan fingerprint density at radius 1 is 1.55 bits per heavy atom. The molecule has 1 amide bonds. The lowest BCUT2D eigenvalue weighted by atomic mass is 9.69. The summed E-state index contributed by atoms with van der Waals surface area (Å²) in [7, 11) is 3.36. The number of carbonyl (C=O) groups is 1. The molecule has 0 atom stereocenters. The molecule has 0 saturated heterocycles. The molecule has 4 nitrogen and oxygen atoms in total. The first-order valence-electron chi connectivity index (χ1n) is 6.51. The van der Waals surface area contributed by atoms with Crippen LogP contribution in [-0.4, -0.2) is 25.0 Å². The van der Waals surface area contributed by atoms with Crippen LogP contribution in [-0.2, 0) is 11.3 Å². The van der Waals surface area contributed by atoms with Crippen LogP contribution in [0.15, 0.2) is 22.7 Å². The maximum absolute atomic E-state index is 12.4. The molecule has 1 fully saturated rings. The first-order valence-corrected chi connectivity index (χ1v) is 7.31. The normalized spacial score (nSPS) is 15.9. The van der Waals surface area contributed by atoms with E-state index in [1.807, 2.05) is 18.2 Å². The number of hydrogen-bond donors (Lipinski definition) is 0. The average Bonchev–Trinajstić information content (AvgIpc) is 2.38. The number of halogens is 1. The van der Waals surface area contributed by atoms with Crippen LogP contribution in [0.1, 0.15) is 24.8 Å². The highest BCUT2D eigenvalue weighted by Crippen LogP contribution is 2.41. The van der Waals surface area contributed by atoms with Gasteiger partial charge in [-0.1, -0.05) is 6.07 Å². The number of methoxy groups -OCH3 is 1. The lowest BCUT2D eigenvalue weighted by Gasteiger charge is -2.36. The van der Waals surface area contributed by atoms with E-state index in [4.69, 9.17) is 4.74 Å². The number of nitrogens with zero attached hydrogens (tertiary/aromatic N) is 2. The standard InChI is InChI=1S/C15H17BrN2O2/c1-18(14(19)15(10-17)6-3-7-15)9-11-4-5-13(20-2)12(16)8-11/h4-5,8H,3,6-7,9H2,1-2H3. The lowest BCUT2D eigenvalue weighted by molar-refractivity contribution is -0.142. The van der Waals surface area contributed by atoms with E-state index in [9.17, 15) is 10.1 Å². The Kier molecular flexibility index (Phi) is 4.34. The fourth-order valence-corrected chi connectivity index (χ4v) is 3.01. The van der Waals surface area contributed by atoms with E-state index in [1.165, 1.54) is 0 Å². The van der Waals surface area contributed by atoms with Crippen molar-refractivity contribution in [2.45, 2.75) is 25.8 Å². The molecular formula is C15H17BrN2O2. The summed E-state index contributed by atoms with van der Waals surface area (Å²) < 4.78 is 6.04. The van der Waals surface area contributed by atoms with Crippen LogP contribution < -0.4 is 4.74 Å². The molecule has 1 aliphatic rings. The zero-order chi connectivity index (χ0) is 14.8. The van der Waals surface area contributed by atoms with Gasteiger partial charge < -0.3 is 9.64 Å². The summed E-state index contributed by atoms with van der Waals surface area (Å²) in [6, 6.07) is 7.91. The smallest absolute Gasteiger partial charge is 0.243 e. The van der Waals surface area contributed by atoms with Crippen molar-refractivity contribution in [2.24, 2.45) is 5.41 Å². The molecule has 5 heteroatoms. The first-order chi connectivity index (χ1) is 9.52. The van der Waals surface area contributed by atoms with Crippen LogP contribution in [0.2, 0.25) is 0 Å². The van der Waals surface area contributed by atoms with E-state index in [-0.39, 0.29) is 5.91 Å². The molecule has 0 heterocycles. The molecule has 0 aromatic heterocycles. The SMILES string of the molecule is COc1ccc(CN(C)C(=O)C2(C#N)CCC2)cc1Br. The van der Waals surface area contributed by atoms with Crippen LogP contribution in [0, 0.1) is 16.7 Å². The highest BCUT2D eigenvalue weighted by molar-refractivity contribution is 9.10. The minimum absolute atomic E-state index is 0.0711. The highest BCUT2D eigenvalue weighted by Gasteiger charge is 2.46. The van der Waals surface area contributed by atoms with Gasteiger partial charge in [0.1, 0.15) is 11.2 Å². The molecule has 106 valence electrons. The third kappa shape index (κ3) is 2.66. The maximum Gasteiger partial charge on any atom is 0.243 e. The number of benzene rings is 1. The predicted molar refractivity (Wildman–Crippen MR) is 79.1 cm³/mol. The minimum atomic E-state index is -0.779. The fraction of sp³-hybridized carbons (Fsp3) is 0.467. The van der Waals surface area contributed by atoms with Crippen molar-refractivity contribution in [3.63, 3.8) is 0 Å². The number of amides is 1. The highest BCUT2D eigenvalue weighted by atomic mass is 79.9. The van der Waals surface area contributed by atoms with Gasteiger partial charge in [-0.15, -0.1) is 0 Å². The van der Waals surface area contributed by atoms with Gasteiger partial charge in [0.2, 0.25) is 5.91 Å². The first kappa shape index (κ1) is 14.9. The Bertz CT molecular complexity index is 561. The van der Waals surface area contributed by atoms with Crippen LogP contribution in [0.3, 0.4) is 0 Å². The van der Waals surface area contributed by atoms with Gasteiger partial charge in [0.05, 0.1) is 17.7 Å². The van der Waals surface area contributed by atoms with Gasteiger partial charge in [0.25, 0.3) is 0 Å². The number of ether oxygens (including phenoxy) is 1. The molecule has 0 bridgehead atoms. The lowest BCUT2D eigenvalue weighted by Crippen LogP contribution is -2.45. The summed E-state index contributed by atoms with van der Waals surface area (Å²) in [5, 5.41) is 9.21. The van der Waals surface area contributed by atoms with Gasteiger partial charge in [-0.05, 0) is 52.9 Å². The summed E-state index contributed by atoms with van der Waals surface area (Å²) in [6.07, 6.45) is 2.32. The van der Waals surface area contributed by atoms with Gasteiger partial charge in [-0.3, -0.25) is 4.79 Å². The second kappa shape index (κ2) is 5.84. The fourth-order valence-electron chi connectivity index (χ4n) is 2.42. The monoisotopic (exact) mass is 336 g/mol. The zero-order valence-corrected chi connectivity index (χ0v) is 13.2. The zero-order valence-electron chi connectivity index (χ0n) is 11.6. The van der Waals surface area contributed by atoms with Crippen LogP contribution in [0.25, 0.3) is 0 Å². The van der Waals surface area contributed by atoms with Crippen molar-refractivity contribution in [3.8, 4) is 11.8 Å². The van der Waals surface area contributed by atoms with E-state index in [0.717, 1.165) is 22.2 Å². The Labute approximate surface area is 127 Å². The molecule has 1 aromatic rings. The molecule has 0 unspecified atom stereocenters. The Morgan fingerprint density at radius 3 is 2.70 bits per heavy atom. The van der Waals surface area contributed by atoms with Crippen LogP contribution in [0.5, 0.6) is 5.75 Å². The molecule has 1 aliphatic carbocycles. The quantitative estimate of drug-likeness (QED) is 0.848. The van der Waals surface area contributed by atoms with Gasteiger partial charge in [0.15, 0.2) is 0 Å². The largest absolute Gasteiger partial charge is 0.496 e. The third-order valence-corrected chi connectivity index (χ3v) is 4.43. The van der Waals surface area contributed by atoms with E-state index in [1.54, 1.807) is 19.1 Å². The predicted octanol–water partition coefficient (Wildman–Crippen LogP) is 3.11. The van der Waals surface area contributed by atoms with Crippen molar-refractivity contribution in [1.82, 2.24) is 4.90 Å². The van der Waals surface area contributed by atoms with E-state index >= 15 is 0 Å². The number of hydrogen-bond acceptors (Lipinski definition) is 3. The topological polar surface area (TPSA) is 53.3 Å². The summed E-state index contributed by atoms with van der Waals surface area (Å²) in [4.78, 5) is 14.0. The third-order valence-electron chi connectivity index (χ3n) is 3.81. The molecule has 0 spiro atoms. The molecule has 1 saturated carbocycles. The van der Waals surface area contributed by atoms with Crippen LogP contribution >= 0.6 is 15.9 Å². The average molecular weight is 337 g/mol. The van der Waals surface area contributed by atoms with Crippen molar-refractivity contribution >= 4 is 21.8 Å². The van der Waals surface area contributed by atoms with Gasteiger partial charge >= 0.3 is 0 Å². The van der Waals surface area contributed by atoms with Crippen molar-refractivity contribution in [2.75, 3.05) is 14.2 Å². The molecule has 2 rings (SSSR count). The number of carbonyl (C=O) groups excluding carboxylic acids is 1. The number of nitriles is 1. The van der Waals surface area contributed by atoms with E-state index < -0.39 is 5.41 Å². The summed E-state index contributed by atoms with van der Waals surface area (Å²) in [6.45, 7) is 0.491. The van der Waals surface area contributed by atoms with Gasteiger partial charge in [-0.2, -0.15) is 5.26 Å². The Morgan fingerprint density at radius 2 is 2.25 bits per heavy atom. The number of rotatable bonds is 4. The Balaban J connectivity index is 2.08. The summed E-state index contributed by atoms with van der Waals surface area (Å²) in [5.41, 5.74) is 0.222. The second-order valence-electron chi connectivity index (χ2n) is 5.18. The van der Waals surface area contributed by atoms with Crippen molar-refractivity contribution < 1.29 is 9.53 Å². The minimum Gasteiger partial charge on any atom is -0.496 e. The van der Waals surface area contributed by atoms with Crippen molar-refractivity contribution in [3.05, 3.63) is 28.2 Å². The van der Waals surface area contributed by atoms with Gasteiger partial charge in [0, 0.05) is 13.6 Å². The molecule has 20 heavy (non-hydrogen) atoms. The molecule has 1 aromatic carbocycles. The van der Waals surface area contributed by atoms with Crippen molar-refractivity contribution in [1.29, 1.82) is 5.26 Å². The Hall–Kier alpha value is -1.54. The maximum atomic E-state index is 12.4. The van der Waals surface area contributed by atoms with Crippen LogP contribution in [0.4, 0.5) is 0 Å². The molecule has 0 aliphatic heterocycles. The summed E-state index contributed by atoms with van der Waals surface area (Å²) >= 11 is 3.43. The van der Waals surface area contributed by atoms with Gasteiger partial charge in [-0.25, -0.2) is 0 Å².